The molecule has 1 fully saturated rings. The van der Waals surface area contributed by atoms with Crippen molar-refractivity contribution >= 4 is 11.9 Å². The highest BCUT2D eigenvalue weighted by molar-refractivity contribution is 6.27. The number of aliphatic carboxylic acids is 2. The number of rotatable bonds is 12. The van der Waals surface area contributed by atoms with E-state index in [1.165, 1.54) is 83.0 Å². The lowest BCUT2D eigenvalue weighted by Crippen LogP contribution is -2.30. The number of carbonyl (C=O) groups is 2. The Balaban J connectivity index is 0.000000751. The Hall–Kier alpha value is -2.08. The van der Waals surface area contributed by atoms with Gasteiger partial charge in [0.2, 0.25) is 0 Å². The summed E-state index contributed by atoms with van der Waals surface area (Å²) in [5, 5.41) is 14.8. The van der Waals surface area contributed by atoms with E-state index in [9.17, 15) is 0 Å². The molecule has 0 aliphatic carbocycles. The van der Waals surface area contributed by atoms with Gasteiger partial charge in [-0.1, -0.05) is 65.0 Å². The molecule has 0 spiro atoms. The summed E-state index contributed by atoms with van der Waals surface area (Å²) in [7, 11) is 0. The van der Waals surface area contributed by atoms with E-state index < -0.39 is 11.9 Å². The van der Waals surface area contributed by atoms with Crippen LogP contribution in [0.4, 0.5) is 0 Å². The highest BCUT2D eigenvalue weighted by Crippen LogP contribution is 2.28. The summed E-state index contributed by atoms with van der Waals surface area (Å²) in [6.45, 7) is 11.7. The number of nitrogens with zero attached hydrogens (tertiary/aromatic N) is 1. The Labute approximate surface area is 194 Å². The number of likely N-dealkylation sites (tertiary alicyclic amines) is 1. The molecule has 2 N–H and O–H groups in total. The van der Waals surface area contributed by atoms with E-state index in [0.717, 1.165) is 18.8 Å². The Morgan fingerprint density at radius 2 is 1.41 bits per heavy atom. The minimum atomic E-state index is -1.82. The van der Waals surface area contributed by atoms with Gasteiger partial charge < -0.3 is 19.8 Å². The van der Waals surface area contributed by atoms with Gasteiger partial charge in [0.15, 0.2) is 0 Å². The van der Waals surface area contributed by atoms with Gasteiger partial charge >= 0.3 is 11.9 Å². The van der Waals surface area contributed by atoms with Crippen molar-refractivity contribution in [2.45, 2.75) is 90.4 Å². The average Bonchev–Trinajstić information content (AvgIpc) is 2.79. The molecule has 182 valence electrons. The summed E-state index contributed by atoms with van der Waals surface area (Å²) in [4.78, 5) is 20.9. The van der Waals surface area contributed by atoms with Gasteiger partial charge in [-0.25, -0.2) is 9.59 Å². The van der Waals surface area contributed by atoms with Gasteiger partial charge in [0, 0.05) is 0 Å². The molecule has 1 aliphatic rings. The van der Waals surface area contributed by atoms with Crippen LogP contribution in [0.1, 0.15) is 90.5 Å². The number of benzene rings is 1. The standard InChI is InChI=1S/C24H41NO.C2H2O4/c1-4-24(2,3)22-14-16-23(17-15-22)26-21-13-8-6-5-7-10-18-25-19-11-9-12-20-25;3-1(4)2(5)6/h14-17H,4-13,18-21H2,1-3H3;(H,3,4)(H,5,6). The Morgan fingerprint density at radius 3 is 1.94 bits per heavy atom. The summed E-state index contributed by atoms with van der Waals surface area (Å²) in [5.41, 5.74) is 1.66. The first-order valence-corrected chi connectivity index (χ1v) is 12.2. The second-order valence-corrected chi connectivity index (χ2v) is 9.24. The quantitative estimate of drug-likeness (QED) is 0.313. The Kier molecular flexibility index (Phi) is 13.7. The fraction of sp³-hybridized carbons (Fsp3) is 0.692. The summed E-state index contributed by atoms with van der Waals surface area (Å²) in [6.07, 6.45) is 13.4. The van der Waals surface area contributed by atoms with E-state index in [-0.39, 0.29) is 5.41 Å². The number of ether oxygens (including phenoxy) is 1. The zero-order valence-electron chi connectivity index (χ0n) is 20.3. The number of piperidine rings is 1. The molecule has 1 saturated heterocycles. The van der Waals surface area contributed by atoms with Crippen LogP contribution in [-0.2, 0) is 15.0 Å². The largest absolute Gasteiger partial charge is 0.494 e. The minimum absolute atomic E-state index is 0.256. The zero-order valence-corrected chi connectivity index (χ0v) is 20.3. The van der Waals surface area contributed by atoms with Crippen LogP contribution < -0.4 is 4.74 Å². The monoisotopic (exact) mass is 449 g/mol. The zero-order chi connectivity index (χ0) is 23.8. The van der Waals surface area contributed by atoms with Gasteiger partial charge in [0.25, 0.3) is 0 Å². The van der Waals surface area contributed by atoms with Gasteiger partial charge in [-0.2, -0.15) is 0 Å². The average molecular weight is 450 g/mol. The number of carboxylic acids is 2. The maximum absolute atomic E-state index is 9.10. The first kappa shape index (κ1) is 28.0. The normalized spacial score (nSPS) is 14.3. The Bertz CT molecular complexity index is 639. The van der Waals surface area contributed by atoms with E-state index in [0.29, 0.717) is 0 Å². The SMILES string of the molecule is CCC(C)(C)c1ccc(OCCCCCCCCN2CCCCC2)cc1.O=C(O)C(=O)O. The third-order valence-corrected chi connectivity index (χ3v) is 6.29. The minimum Gasteiger partial charge on any atom is -0.494 e. The number of hydrogen-bond acceptors (Lipinski definition) is 4. The van der Waals surface area contributed by atoms with Crippen LogP contribution in [0.15, 0.2) is 24.3 Å². The molecule has 1 aliphatic heterocycles. The fourth-order valence-electron chi connectivity index (χ4n) is 3.72. The highest BCUT2D eigenvalue weighted by atomic mass is 16.5. The second-order valence-electron chi connectivity index (χ2n) is 9.24. The lowest BCUT2D eigenvalue weighted by Gasteiger charge is -2.26. The van der Waals surface area contributed by atoms with E-state index >= 15 is 0 Å². The third kappa shape index (κ3) is 12.1. The number of carboxylic acid groups (broad SMARTS) is 2. The maximum Gasteiger partial charge on any atom is 0.414 e. The molecule has 32 heavy (non-hydrogen) atoms. The van der Waals surface area contributed by atoms with Crippen LogP contribution in [0.3, 0.4) is 0 Å². The van der Waals surface area contributed by atoms with Gasteiger partial charge in [0.05, 0.1) is 6.61 Å². The van der Waals surface area contributed by atoms with Crippen molar-refractivity contribution in [1.82, 2.24) is 4.90 Å². The van der Waals surface area contributed by atoms with Gasteiger partial charge in [-0.3, -0.25) is 0 Å². The molecule has 1 aromatic rings. The number of hydrogen-bond donors (Lipinski definition) is 2. The summed E-state index contributed by atoms with van der Waals surface area (Å²) in [5.74, 6) is -2.63. The molecule has 0 atom stereocenters. The lowest BCUT2D eigenvalue weighted by molar-refractivity contribution is -0.159. The van der Waals surface area contributed by atoms with Crippen molar-refractivity contribution in [3.8, 4) is 5.75 Å². The lowest BCUT2D eigenvalue weighted by atomic mass is 9.82. The molecule has 0 unspecified atom stereocenters. The molecule has 6 heteroatoms. The predicted octanol–water partition coefficient (Wildman–Crippen LogP) is 5.74. The van der Waals surface area contributed by atoms with Crippen LogP contribution in [0.25, 0.3) is 0 Å². The molecular formula is C26H43NO5. The highest BCUT2D eigenvalue weighted by Gasteiger charge is 2.17. The smallest absolute Gasteiger partial charge is 0.414 e. The van der Waals surface area contributed by atoms with Crippen molar-refractivity contribution in [2.75, 3.05) is 26.2 Å². The first-order valence-electron chi connectivity index (χ1n) is 12.2. The summed E-state index contributed by atoms with van der Waals surface area (Å²) < 4.78 is 5.91. The predicted molar refractivity (Wildman–Crippen MR) is 129 cm³/mol. The van der Waals surface area contributed by atoms with E-state index in [1.54, 1.807) is 0 Å². The van der Waals surface area contributed by atoms with Gasteiger partial charge in [-0.05, 0) is 74.8 Å². The van der Waals surface area contributed by atoms with Crippen LogP contribution in [0.5, 0.6) is 5.75 Å². The molecule has 0 bridgehead atoms. The molecule has 2 rings (SSSR count). The fourth-order valence-corrected chi connectivity index (χ4v) is 3.72. The van der Waals surface area contributed by atoms with E-state index in [2.05, 4.69) is 49.9 Å². The maximum atomic E-state index is 9.10. The van der Waals surface area contributed by atoms with Gasteiger partial charge in [-0.15, -0.1) is 0 Å². The third-order valence-electron chi connectivity index (χ3n) is 6.29. The molecule has 1 heterocycles. The molecule has 6 nitrogen and oxygen atoms in total. The molecule has 0 amide bonds. The molecule has 0 saturated carbocycles. The van der Waals surface area contributed by atoms with Crippen molar-refractivity contribution in [1.29, 1.82) is 0 Å². The Morgan fingerprint density at radius 1 is 0.875 bits per heavy atom. The van der Waals surface area contributed by atoms with E-state index in [1.807, 2.05) is 0 Å². The van der Waals surface area contributed by atoms with Crippen LogP contribution >= 0.6 is 0 Å². The summed E-state index contributed by atoms with van der Waals surface area (Å²) in [6, 6.07) is 8.71. The van der Waals surface area contributed by atoms with Crippen molar-refractivity contribution in [3.63, 3.8) is 0 Å². The van der Waals surface area contributed by atoms with E-state index in [4.69, 9.17) is 24.5 Å². The van der Waals surface area contributed by atoms with Crippen LogP contribution in [0.2, 0.25) is 0 Å². The topological polar surface area (TPSA) is 87.1 Å². The molecule has 0 aromatic heterocycles. The van der Waals surface area contributed by atoms with Gasteiger partial charge in [0.1, 0.15) is 5.75 Å². The van der Waals surface area contributed by atoms with Crippen LogP contribution in [0, 0.1) is 0 Å². The molecular weight excluding hydrogens is 406 g/mol. The molecule has 0 radical (unpaired) electrons. The van der Waals surface area contributed by atoms with Crippen molar-refractivity contribution in [3.05, 3.63) is 29.8 Å². The van der Waals surface area contributed by atoms with Crippen molar-refractivity contribution in [2.24, 2.45) is 0 Å². The summed E-state index contributed by atoms with van der Waals surface area (Å²) >= 11 is 0. The molecule has 1 aromatic carbocycles. The first-order chi connectivity index (χ1) is 15.3. The second kappa shape index (κ2) is 15.7. The van der Waals surface area contributed by atoms with Crippen molar-refractivity contribution < 1.29 is 24.5 Å². The van der Waals surface area contributed by atoms with Crippen LogP contribution in [-0.4, -0.2) is 53.3 Å². The number of unbranched alkanes of at least 4 members (excludes halogenated alkanes) is 5.